The van der Waals surface area contributed by atoms with Crippen LogP contribution >= 0.6 is 0 Å². The van der Waals surface area contributed by atoms with Crippen LogP contribution in [0.15, 0.2) is 48.9 Å². The van der Waals surface area contributed by atoms with Gasteiger partial charge in [0, 0.05) is 25.8 Å². The highest BCUT2D eigenvalue weighted by molar-refractivity contribution is 5.86. The summed E-state index contributed by atoms with van der Waals surface area (Å²) in [5.41, 5.74) is 2.29. The number of aromatic amines is 1. The smallest absolute Gasteiger partial charge is 0.142 e. The first-order chi connectivity index (χ1) is 12.3. The summed E-state index contributed by atoms with van der Waals surface area (Å²) >= 11 is 0. The molecule has 2 aromatic heterocycles. The average Bonchev–Trinajstić information content (AvgIpc) is 3.12. The van der Waals surface area contributed by atoms with Crippen LogP contribution in [0.4, 0.5) is 5.82 Å². The molecule has 1 aliphatic rings. The minimum absolute atomic E-state index is 0.626. The molecule has 0 amide bonds. The predicted molar refractivity (Wildman–Crippen MR) is 101 cm³/mol. The minimum Gasteiger partial charge on any atom is -0.369 e. The van der Waals surface area contributed by atoms with Gasteiger partial charge in [0.15, 0.2) is 0 Å². The number of hydrogen-bond donors (Lipinski definition) is 2. The van der Waals surface area contributed by atoms with Crippen LogP contribution in [0.25, 0.3) is 11.0 Å². The molecule has 5 heteroatoms. The van der Waals surface area contributed by atoms with E-state index in [-0.39, 0.29) is 0 Å². The number of likely N-dealkylation sites (tertiary alicyclic amines) is 1. The normalized spacial score (nSPS) is 21.5. The molecule has 0 spiro atoms. The minimum atomic E-state index is 0.626. The second kappa shape index (κ2) is 7.23. The van der Waals surface area contributed by atoms with Gasteiger partial charge in [0.05, 0.1) is 5.39 Å². The van der Waals surface area contributed by atoms with Gasteiger partial charge in [-0.2, -0.15) is 0 Å². The number of hydrogen-bond acceptors (Lipinski definition) is 4. The maximum Gasteiger partial charge on any atom is 0.142 e. The Bertz CT molecular complexity index is 813. The van der Waals surface area contributed by atoms with Crippen LogP contribution < -0.4 is 5.32 Å². The van der Waals surface area contributed by atoms with Crippen molar-refractivity contribution in [2.75, 3.05) is 25.0 Å². The van der Waals surface area contributed by atoms with Crippen molar-refractivity contribution in [2.24, 2.45) is 11.8 Å². The van der Waals surface area contributed by atoms with Gasteiger partial charge >= 0.3 is 0 Å². The van der Waals surface area contributed by atoms with Crippen molar-refractivity contribution < 1.29 is 0 Å². The topological polar surface area (TPSA) is 56.8 Å². The fraction of sp³-hybridized carbons (Fsp3) is 0.400. The third kappa shape index (κ3) is 3.66. The van der Waals surface area contributed by atoms with E-state index in [1.165, 1.54) is 18.5 Å². The van der Waals surface area contributed by atoms with E-state index in [0.717, 1.165) is 42.4 Å². The van der Waals surface area contributed by atoms with Crippen LogP contribution in [0, 0.1) is 11.8 Å². The largest absolute Gasteiger partial charge is 0.369 e. The quantitative estimate of drug-likeness (QED) is 0.749. The second-order valence-corrected chi connectivity index (χ2v) is 7.09. The maximum atomic E-state index is 4.42. The standard InChI is InChI=1S/C20H25N5/c1-15-8-10-25(12-16-5-3-2-4-6-16)13-17(15)11-22-20-18-7-9-21-19(18)23-14-24-20/h2-7,9,14-15,17H,8,10-13H2,1H3,(H2,21,22,23,24). The number of rotatable bonds is 5. The highest BCUT2D eigenvalue weighted by Gasteiger charge is 2.26. The molecule has 1 saturated heterocycles. The maximum absolute atomic E-state index is 4.42. The number of aromatic nitrogens is 3. The number of H-pyrrole nitrogens is 1. The Morgan fingerprint density at radius 1 is 1.20 bits per heavy atom. The number of nitrogens with zero attached hydrogens (tertiary/aromatic N) is 3. The molecule has 0 aliphatic carbocycles. The van der Waals surface area contributed by atoms with Crippen LogP contribution in [-0.2, 0) is 6.54 Å². The summed E-state index contributed by atoms with van der Waals surface area (Å²) in [7, 11) is 0. The van der Waals surface area contributed by atoms with E-state index >= 15 is 0 Å². The zero-order valence-electron chi connectivity index (χ0n) is 14.7. The second-order valence-electron chi connectivity index (χ2n) is 7.09. The Kier molecular flexibility index (Phi) is 4.65. The van der Waals surface area contributed by atoms with Crippen LogP contribution in [0.3, 0.4) is 0 Å². The van der Waals surface area contributed by atoms with Crippen LogP contribution in [0.2, 0.25) is 0 Å². The summed E-state index contributed by atoms with van der Waals surface area (Å²) < 4.78 is 0. The molecule has 25 heavy (non-hydrogen) atoms. The summed E-state index contributed by atoms with van der Waals surface area (Å²) in [5, 5.41) is 4.62. The number of nitrogens with one attached hydrogen (secondary N) is 2. The van der Waals surface area contributed by atoms with Gasteiger partial charge in [-0.15, -0.1) is 0 Å². The molecule has 3 heterocycles. The molecular formula is C20H25N5. The van der Waals surface area contributed by atoms with Gasteiger partial charge in [-0.05, 0) is 36.4 Å². The van der Waals surface area contributed by atoms with Gasteiger partial charge in [0.2, 0.25) is 0 Å². The number of benzene rings is 1. The molecule has 4 rings (SSSR count). The zero-order chi connectivity index (χ0) is 17.1. The van der Waals surface area contributed by atoms with Gasteiger partial charge in [-0.3, -0.25) is 4.90 Å². The Hall–Kier alpha value is -2.40. The molecular weight excluding hydrogens is 310 g/mol. The van der Waals surface area contributed by atoms with E-state index < -0.39 is 0 Å². The molecule has 0 saturated carbocycles. The third-order valence-corrected chi connectivity index (χ3v) is 5.33. The highest BCUT2D eigenvalue weighted by atomic mass is 15.1. The molecule has 1 aromatic carbocycles. The number of piperidine rings is 1. The Labute approximate surface area is 148 Å². The van der Waals surface area contributed by atoms with Gasteiger partial charge in [0.25, 0.3) is 0 Å². The first-order valence-corrected chi connectivity index (χ1v) is 9.08. The lowest BCUT2D eigenvalue weighted by Gasteiger charge is -2.37. The lowest BCUT2D eigenvalue weighted by molar-refractivity contribution is 0.128. The summed E-state index contributed by atoms with van der Waals surface area (Å²) in [6, 6.07) is 12.8. The van der Waals surface area contributed by atoms with Crippen LogP contribution in [0.1, 0.15) is 18.9 Å². The molecule has 0 radical (unpaired) electrons. The molecule has 130 valence electrons. The van der Waals surface area contributed by atoms with Crippen molar-refractivity contribution in [2.45, 2.75) is 19.9 Å². The fourth-order valence-corrected chi connectivity index (χ4v) is 3.72. The van der Waals surface area contributed by atoms with Crippen molar-refractivity contribution in [3.63, 3.8) is 0 Å². The number of anilines is 1. The monoisotopic (exact) mass is 335 g/mol. The van der Waals surface area contributed by atoms with E-state index in [0.29, 0.717) is 5.92 Å². The summed E-state index contributed by atoms with van der Waals surface area (Å²) in [6.07, 6.45) is 4.78. The summed E-state index contributed by atoms with van der Waals surface area (Å²) in [5.74, 6) is 2.28. The average molecular weight is 335 g/mol. The molecule has 2 unspecified atom stereocenters. The van der Waals surface area contributed by atoms with Crippen molar-refractivity contribution >= 4 is 16.9 Å². The summed E-state index contributed by atoms with van der Waals surface area (Å²) in [4.78, 5) is 14.4. The van der Waals surface area contributed by atoms with Crippen molar-refractivity contribution in [3.8, 4) is 0 Å². The zero-order valence-corrected chi connectivity index (χ0v) is 14.7. The highest BCUT2D eigenvalue weighted by Crippen LogP contribution is 2.26. The van der Waals surface area contributed by atoms with Gasteiger partial charge < -0.3 is 10.3 Å². The lowest BCUT2D eigenvalue weighted by atomic mass is 9.86. The first-order valence-electron chi connectivity index (χ1n) is 9.08. The first kappa shape index (κ1) is 16.1. The van der Waals surface area contributed by atoms with Crippen LogP contribution in [-0.4, -0.2) is 39.5 Å². The molecule has 5 nitrogen and oxygen atoms in total. The Morgan fingerprint density at radius 3 is 2.96 bits per heavy atom. The summed E-state index contributed by atoms with van der Waals surface area (Å²) in [6.45, 7) is 6.67. The fourth-order valence-electron chi connectivity index (χ4n) is 3.72. The Morgan fingerprint density at radius 2 is 2.08 bits per heavy atom. The number of fused-ring (bicyclic) bond motifs is 1. The lowest BCUT2D eigenvalue weighted by Crippen LogP contribution is -2.41. The van der Waals surface area contributed by atoms with Crippen molar-refractivity contribution in [1.29, 1.82) is 0 Å². The van der Waals surface area contributed by atoms with Gasteiger partial charge in [-0.25, -0.2) is 9.97 Å². The van der Waals surface area contributed by atoms with E-state index in [9.17, 15) is 0 Å². The van der Waals surface area contributed by atoms with Crippen molar-refractivity contribution in [1.82, 2.24) is 19.9 Å². The van der Waals surface area contributed by atoms with E-state index in [4.69, 9.17) is 0 Å². The van der Waals surface area contributed by atoms with E-state index in [1.54, 1.807) is 6.33 Å². The predicted octanol–water partition coefficient (Wildman–Crippen LogP) is 3.53. The molecule has 1 fully saturated rings. The van der Waals surface area contributed by atoms with Gasteiger partial charge in [0.1, 0.15) is 17.8 Å². The van der Waals surface area contributed by atoms with E-state index in [2.05, 4.69) is 62.4 Å². The Balaban J connectivity index is 1.40. The van der Waals surface area contributed by atoms with Gasteiger partial charge in [-0.1, -0.05) is 37.3 Å². The molecule has 0 bridgehead atoms. The third-order valence-electron chi connectivity index (χ3n) is 5.33. The van der Waals surface area contributed by atoms with Crippen molar-refractivity contribution in [3.05, 3.63) is 54.5 Å². The molecule has 2 atom stereocenters. The molecule has 2 N–H and O–H groups in total. The van der Waals surface area contributed by atoms with E-state index in [1.807, 2.05) is 12.3 Å². The molecule has 1 aliphatic heterocycles. The molecule has 3 aromatic rings. The SMILES string of the molecule is CC1CCN(Cc2ccccc2)CC1CNc1ncnc2[nH]ccc12. The van der Waals surface area contributed by atoms with Crippen LogP contribution in [0.5, 0.6) is 0 Å².